The Labute approximate surface area is 175 Å². The second-order valence-electron chi connectivity index (χ2n) is 8.24. The lowest BCUT2D eigenvalue weighted by Crippen LogP contribution is -2.51. The van der Waals surface area contributed by atoms with Gasteiger partial charge in [0.2, 0.25) is 5.91 Å². The molecule has 3 amide bonds. The summed E-state index contributed by atoms with van der Waals surface area (Å²) in [5.41, 5.74) is 1.71. The second-order valence-corrected chi connectivity index (χ2v) is 8.24. The van der Waals surface area contributed by atoms with Crippen LogP contribution in [-0.2, 0) is 4.79 Å². The molecule has 160 valence electrons. The molecule has 1 saturated carbocycles. The molecule has 1 aliphatic heterocycles. The number of nitrogens with one attached hydrogen (secondary N) is 2. The van der Waals surface area contributed by atoms with Gasteiger partial charge in [-0.25, -0.2) is 9.59 Å². The summed E-state index contributed by atoms with van der Waals surface area (Å²) in [7, 11) is 0. The summed E-state index contributed by atoms with van der Waals surface area (Å²) in [4.78, 5) is 43.8. The predicted octanol–water partition coefficient (Wildman–Crippen LogP) is 2.73. The zero-order valence-corrected chi connectivity index (χ0v) is 17.4. The van der Waals surface area contributed by atoms with Gasteiger partial charge in [0.25, 0.3) is 0 Å². The van der Waals surface area contributed by atoms with E-state index < -0.39 is 0 Å². The highest BCUT2D eigenvalue weighted by atomic mass is 16.2. The Morgan fingerprint density at radius 2 is 1.73 bits per heavy atom. The minimum absolute atomic E-state index is 0.216. The largest absolute Gasteiger partial charge is 0.339 e. The summed E-state index contributed by atoms with van der Waals surface area (Å²) in [6.07, 6.45) is 7.09. The van der Waals surface area contributed by atoms with Crippen LogP contribution in [0.4, 0.5) is 10.5 Å². The van der Waals surface area contributed by atoms with Crippen LogP contribution < -0.4 is 11.0 Å². The van der Waals surface area contributed by atoms with Crippen molar-refractivity contribution in [2.24, 2.45) is 5.92 Å². The van der Waals surface area contributed by atoms with E-state index in [0.717, 1.165) is 18.5 Å². The van der Waals surface area contributed by atoms with Gasteiger partial charge in [-0.1, -0.05) is 25.0 Å². The Balaban J connectivity index is 1.37. The number of benzene rings is 1. The number of nitrogens with zero attached hydrogens (tertiary/aromatic N) is 3. The fourth-order valence-electron chi connectivity index (χ4n) is 4.47. The van der Waals surface area contributed by atoms with E-state index in [1.807, 2.05) is 24.0 Å². The summed E-state index contributed by atoms with van der Waals surface area (Å²) in [6, 6.07) is 7.03. The Morgan fingerprint density at radius 3 is 2.40 bits per heavy atom. The van der Waals surface area contributed by atoms with E-state index >= 15 is 0 Å². The van der Waals surface area contributed by atoms with Gasteiger partial charge in [0, 0.05) is 44.5 Å². The van der Waals surface area contributed by atoms with Gasteiger partial charge in [0.05, 0.1) is 11.4 Å². The molecule has 0 radical (unpaired) electrons. The quantitative estimate of drug-likeness (QED) is 0.811. The molecule has 0 atom stereocenters. The number of aryl methyl sites for hydroxylation is 1. The molecule has 4 rings (SSSR count). The first kappa shape index (κ1) is 20.3. The molecule has 0 spiro atoms. The fourth-order valence-corrected chi connectivity index (χ4v) is 4.47. The predicted molar refractivity (Wildman–Crippen MR) is 115 cm³/mol. The second kappa shape index (κ2) is 8.77. The SMILES string of the molecule is Cc1c[nH]c(=O)n1-c1ccccc1NC(=O)N1CCN(C(=O)CC2CCCC2)CC1. The molecule has 1 saturated heterocycles. The molecule has 2 fully saturated rings. The standard InChI is InChI=1S/C22H29N5O3/c1-16-15-23-21(29)27(16)19-9-5-4-8-18(19)24-22(30)26-12-10-25(11-13-26)20(28)14-17-6-2-3-7-17/h4-5,8-9,15,17H,2-3,6-7,10-14H2,1H3,(H,23,29)(H,24,30). The smallest absolute Gasteiger partial charge is 0.330 e. The molecule has 2 aliphatic rings. The van der Waals surface area contributed by atoms with Crippen LogP contribution in [0.1, 0.15) is 37.8 Å². The zero-order valence-electron chi connectivity index (χ0n) is 17.4. The van der Waals surface area contributed by atoms with Crippen LogP contribution in [0.15, 0.2) is 35.3 Å². The number of carbonyl (C=O) groups excluding carboxylic acids is 2. The molecule has 8 nitrogen and oxygen atoms in total. The molecule has 2 heterocycles. The summed E-state index contributed by atoms with van der Waals surface area (Å²) >= 11 is 0. The number of para-hydroxylation sites is 2. The third-order valence-corrected chi connectivity index (χ3v) is 6.20. The minimum Gasteiger partial charge on any atom is -0.339 e. The highest BCUT2D eigenvalue weighted by Gasteiger charge is 2.27. The number of amides is 3. The van der Waals surface area contributed by atoms with E-state index in [9.17, 15) is 14.4 Å². The normalized spacial score (nSPS) is 17.4. The molecule has 1 aromatic heterocycles. The summed E-state index contributed by atoms with van der Waals surface area (Å²) in [6.45, 7) is 3.98. The van der Waals surface area contributed by atoms with Gasteiger partial charge in [0.15, 0.2) is 0 Å². The molecule has 30 heavy (non-hydrogen) atoms. The van der Waals surface area contributed by atoms with E-state index in [4.69, 9.17) is 0 Å². The number of aromatic amines is 1. The first-order valence-electron chi connectivity index (χ1n) is 10.7. The Kier molecular flexibility index (Phi) is 5.92. The number of urea groups is 1. The number of hydrogen-bond donors (Lipinski definition) is 2. The Bertz CT molecular complexity index is 965. The maximum atomic E-state index is 12.8. The van der Waals surface area contributed by atoms with Crippen molar-refractivity contribution in [1.29, 1.82) is 0 Å². The van der Waals surface area contributed by atoms with Crippen molar-refractivity contribution < 1.29 is 9.59 Å². The first-order valence-corrected chi connectivity index (χ1v) is 10.7. The van der Waals surface area contributed by atoms with Crippen LogP contribution in [0.25, 0.3) is 5.69 Å². The van der Waals surface area contributed by atoms with Gasteiger partial charge in [0.1, 0.15) is 0 Å². The lowest BCUT2D eigenvalue weighted by Gasteiger charge is -2.35. The topological polar surface area (TPSA) is 90.4 Å². The average Bonchev–Trinajstić information content (AvgIpc) is 3.38. The number of anilines is 1. The molecule has 2 aromatic rings. The molecular weight excluding hydrogens is 382 g/mol. The maximum absolute atomic E-state index is 12.8. The van der Waals surface area contributed by atoms with Gasteiger partial charge in [-0.05, 0) is 37.8 Å². The van der Waals surface area contributed by atoms with Crippen molar-refractivity contribution >= 4 is 17.6 Å². The molecular formula is C22H29N5O3. The molecule has 8 heteroatoms. The average molecular weight is 412 g/mol. The number of rotatable bonds is 4. The number of aromatic nitrogens is 2. The van der Waals surface area contributed by atoms with Gasteiger partial charge in [-0.15, -0.1) is 0 Å². The van der Waals surface area contributed by atoms with Crippen molar-refractivity contribution in [2.75, 3.05) is 31.5 Å². The highest BCUT2D eigenvalue weighted by Crippen LogP contribution is 2.28. The third-order valence-electron chi connectivity index (χ3n) is 6.20. The van der Waals surface area contributed by atoms with Crippen LogP contribution in [0.5, 0.6) is 0 Å². The van der Waals surface area contributed by atoms with Gasteiger partial charge >= 0.3 is 11.7 Å². The minimum atomic E-state index is -0.247. The molecule has 1 aliphatic carbocycles. The molecule has 2 N–H and O–H groups in total. The summed E-state index contributed by atoms with van der Waals surface area (Å²) in [5, 5.41) is 2.94. The van der Waals surface area contributed by atoms with E-state index in [1.54, 1.807) is 23.2 Å². The molecule has 1 aromatic carbocycles. The maximum Gasteiger partial charge on any atom is 0.330 e. The van der Waals surface area contributed by atoms with Gasteiger partial charge in [-0.3, -0.25) is 9.36 Å². The van der Waals surface area contributed by atoms with Crippen LogP contribution in [-0.4, -0.2) is 57.5 Å². The zero-order chi connectivity index (χ0) is 21.1. The van der Waals surface area contributed by atoms with Crippen molar-refractivity contribution in [1.82, 2.24) is 19.4 Å². The van der Waals surface area contributed by atoms with Gasteiger partial charge < -0.3 is 20.1 Å². The Morgan fingerprint density at radius 1 is 1.07 bits per heavy atom. The van der Waals surface area contributed by atoms with E-state index in [-0.39, 0.29) is 17.6 Å². The molecule has 0 unspecified atom stereocenters. The van der Waals surface area contributed by atoms with Crippen molar-refractivity contribution in [3.05, 3.63) is 46.6 Å². The molecule has 0 bridgehead atoms. The number of piperazine rings is 1. The fraction of sp³-hybridized carbons (Fsp3) is 0.500. The monoisotopic (exact) mass is 411 g/mol. The first-order chi connectivity index (χ1) is 14.5. The third kappa shape index (κ3) is 4.27. The number of carbonyl (C=O) groups is 2. The van der Waals surface area contributed by atoms with Crippen molar-refractivity contribution in [3.8, 4) is 5.69 Å². The van der Waals surface area contributed by atoms with Crippen LogP contribution in [0.2, 0.25) is 0 Å². The van der Waals surface area contributed by atoms with E-state index in [2.05, 4.69) is 10.3 Å². The van der Waals surface area contributed by atoms with Crippen molar-refractivity contribution in [3.63, 3.8) is 0 Å². The number of imidazole rings is 1. The van der Waals surface area contributed by atoms with Crippen molar-refractivity contribution in [2.45, 2.75) is 39.0 Å². The number of hydrogen-bond acceptors (Lipinski definition) is 3. The van der Waals surface area contributed by atoms with Crippen LogP contribution in [0.3, 0.4) is 0 Å². The lowest BCUT2D eigenvalue weighted by molar-refractivity contribution is -0.133. The van der Waals surface area contributed by atoms with E-state index in [0.29, 0.717) is 49.9 Å². The summed E-state index contributed by atoms with van der Waals surface area (Å²) in [5.74, 6) is 0.755. The van der Waals surface area contributed by atoms with E-state index in [1.165, 1.54) is 17.4 Å². The van der Waals surface area contributed by atoms with Gasteiger partial charge in [-0.2, -0.15) is 0 Å². The number of H-pyrrole nitrogens is 1. The summed E-state index contributed by atoms with van der Waals surface area (Å²) < 4.78 is 1.54. The lowest BCUT2D eigenvalue weighted by atomic mass is 10.0. The van der Waals surface area contributed by atoms with Crippen LogP contribution >= 0.6 is 0 Å². The van der Waals surface area contributed by atoms with Crippen LogP contribution in [0, 0.1) is 12.8 Å². The Hall–Kier alpha value is -3.03. The highest BCUT2D eigenvalue weighted by molar-refractivity contribution is 5.91.